The molecular weight excluding hydrogens is 364 g/mol. The van der Waals surface area contributed by atoms with E-state index in [1.165, 1.54) is 17.1 Å². The Morgan fingerprint density at radius 3 is 2.78 bits per heavy atom. The summed E-state index contributed by atoms with van der Waals surface area (Å²) in [6, 6.07) is 7.51. The third-order valence-corrected chi connectivity index (χ3v) is 4.97. The number of anilines is 1. The van der Waals surface area contributed by atoms with Crippen LogP contribution in [0.5, 0.6) is 0 Å². The van der Waals surface area contributed by atoms with Crippen LogP contribution in [0.1, 0.15) is 6.42 Å². The van der Waals surface area contributed by atoms with E-state index in [2.05, 4.69) is 20.4 Å². The Balaban J connectivity index is 1.40. The Bertz CT molecular complexity index is 1150. The third kappa shape index (κ3) is 3.49. The monoisotopic (exact) mass is 380 g/mol. The number of hydrogen-bond donors (Lipinski definition) is 1. The lowest BCUT2D eigenvalue weighted by atomic mass is 10.2. The summed E-state index contributed by atoms with van der Waals surface area (Å²) >= 11 is 1.56. The maximum atomic E-state index is 12.4. The third-order valence-electron chi connectivity index (χ3n) is 4.15. The molecule has 0 aliphatic rings. The smallest absolute Gasteiger partial charge is 0.264 e. The Morgan fingerprint density at radius 2 is 2.04 bits per heavy atom. The molecule has 0 bridgehead atoms. The predicted molar refractivity (Wildman–Crippen MR) is 104 cm³/mol. The van der Waals surface area contributed by atoms with Crippen molar-refractivity contribution < 1.29 is 4.79 Å². The number of carbonyl (C=O) groups excluding carboxylic acids is 1. The number of amides is 1. The van der Waals surface area contributed by atoms with Gasteiger partial charge in [-0.1, -0.05) is 0 Å². The number of thiazole rings is 1. The molecule has 1 N–H and O–H groups in total. The largest absolute Gasteiger partial charge is 0.326 e. The normalized spacial score (nSPS) is 11.0. The molecule has 136 valence electrons. The van der Waals surface area contributed by atoms with Crippen LogP contribution in [0.2, 0.25) is 0 Å². The lowest BCUT2D eigenvalue weighted by Gasteiger charge is -2.07. The van der Waals surface area contributed by atoms with E-state index in [1.54, 1.807) is 29.3 Å². The number of nitrogens with one attached hydrogen (secondary N) is 1. The molecule has 8 nitrogen and oxygen atoms in total. The van der Waals surface area contributed by atoms with Gasteiger partial charge in [0.25, 0.3) is 5.56 Å². The lowest BCUT2D eigenvalue weighted by Crippen LogP contribution is -2.23. The number of rotatable bonds is 5. The summed E-state index contributed by atoms with van der Waals surface area (Å²) in [4.78, 5) is 33.1. The first kappa shape index (κ1) is 17.1. The molecule has 0 atom stereocenters. The topological polar surface area (TPSA) is 94.7 Å². The highest BCUT2D eigenvalue weighted by Crippen LogP contribution is 2.23. The van der Waals surface area contributed by atoms with E-state index < -0.39 is 0 Å². The summed E-state index contributed by atoms with van der Waals surface area (Å²) in [5.41, 5.74) is 2.04. The minimum atomic E-state index is -0.200. The van der Waals surface area contributed by atoms with Crippen LogP contribution in [0.15, 0.2) is 53.2 Å². The average molecular weight is 380 g/mol. The first-order valence-corrected chi connectivity index (χ1v) is 9.17. The molecule has 27 heavy (non-hydrogen) atoms. The molecular formula is C18H16N6O2S. The standard InChI is InChI=1S/C18H16N6O2S/c1-23-16-14(10-21-23)18(26)24(11-20-16)8-6-15(25)22-13-4-2-12(3-5-13)17-19-7-9-27-17/h2-5,7,9-11H,6,8H2,1H3,(H,22,25). The maximum absolute atomic E-state index is 12.4. The van der Waals surface area contributed by atoms with Gasteiger partial charge in [0.1, 0.15) is 10.4 Å². The molecule has 0 unspecified atom stereocenters. The molecule has 3 heterocycles. The molecule has 0 aliphatic carbocycles. The van der Waals surface area contributed by atoms with Crippen molar-refractivity contribution in [3.63, 3.8) is 0 Å². The fourth-order valence-corrected chi connectivity index (χ4v) is 3.38. The van der Waals surface area contributed by atoms with Gasteiger partial charge >= 0.3 is 0 Å². The van der Waals surface area contributed by atoms with Crippen molar-refractivity contribution in [3.8, 4) is 10.6 Å². The SMILES string of the molecule is Cn1ncc2c(=O)n(CCC(=O)Nc3ccc(-c4nccs4)cc3)cnc21. The minimum absolute atomic E-state index is 0.168. The highest BCUT2D eigenvalue weighted by molar-refractivity contribution is 7.13. The van der Waals surface area contributed by atoms with Crippen LogP contribution >= 0.6 is 11.3 Å². The minimum Gasteiger partial charge on any atom is -0.326 e. The van der Waals surface area contributed by atoms with Crippen molar-refractivity contribution in [2.75, 3.05) is 5.32 Å². The van der Waals surface area contributed by atoms with Crippen molar-refractivity contribution in [3.05, 3.63) is 58.7 Å². The van der Waals surface area contributed by atoms with Crippen molar-refractivity contribution >= 4 is 34.0 Å². The summed E-state index contributed by atoms with van der Waals surface area (Å²) in [6.45, 7) is 0.250. The van der Waals surface area contributed by atoms with Crippen molar-refractivity contribution in [1.29, 1.82) is 0 Å². The second-order valence-electron chi connectivity index (χ2n) is 5.96. The number of aromatic nitrogens is 5. The summed E-state index contributed by atoms with van der Waals surface area (Å²) in [7, 11) is 1.73. The van der Waals surface area contributed by atoms with Crippen LogP contribution in [0.25, 0.3) is 21.6 Å². The second kappa shape index (κ2) is 7.12. The van der Waals surface area contributed by atoms with E-state index in [-0.39, 0.29) is 24.4 Å². The second-order valence-corrected chi connectivity index (χ2v) is 6.86. The highest BCUT2D eigenvalue weighted by atomic mass is 32.1. The van der Waals surface area contributed by atoms with E-state index in [4.69, 9.17) is 0 Å². The van der Waals surface area contributed by atoms with Crippen LogP contribution in [0, 0.1) is 0 Å². The first-order valence-electron chi connectivity index (χ1n) is 8.29. The zero-order chi connectivity index (χ0) is 18.8. The Kier molecular flexibility index (Phi) is 4.51. The number of aryl methyl sites for hydroxylation is 2. The summed E-state index contributed by atoms with van der Waals surface area (Å²) in [5, 5.41) is 10.2. The van der Waals surface area contributed by atoms with E-state index in [0.717, 1.165) is 10.6 Å². The Morgan fingerprint density at radius 1 is 1.22 bits per heavy atom. The molecule has 0 fully saturated rings. The van der Waals surface area contributed by atoms with Crippen molar-refractivity contribution in [2.45, 2.75) is 13.0 Å². The molecule has 0 spiro atoms. The fourth-order valence-electron chi connectivity index (χ4n) is 2.73. The van der Waals surface area contributed by atoms with Crippen LogP contribution < -0.4 is 10.9 Å². The van der Waals surface area contributed by atoms with Gasteiger partial charge in [0.2, 0.25) is 5.91 Å². The summed E-state index contributed by atoms with van der Waals surface area (Å²) < 4.78 is 2.97. The average Bonchev–Trinajstić information content (AvgIpc) is 3.33. The van der Waals surface area contributed by atoms with Gasteiger partial charge in [-0.05, 0) is 24.3 Å². The Hall–Kier alpha value is -3.33. The molecule has 0 radical (unpaired) electrons. The number of nitrogens with zero attached hydrogens (tertiary/aromatic N) is 5. The maximum Gasteiger partial charge on any atom is 0.264 e. The van der Waals surface area contributed by atoms with E-state index in [0.29, 0.717) is 16.7 Å². The molecule has 1 amide bonds. The van der Waals surface area contributed by atoms with Crippen LogP contribution in [-0.2, 0) is 18.4 Å². The number of benzene rings is 1. The zero-order valence-corrected chi connectivity index (χ0v) is 15.3. The van der Waals surface area contributed by atoms with Gasteiger partial charge in [0.05, 0.1) is 12.5 Å². The molecule has 0 aliphatic heterocycles. The van der Waals surface area contributed by atoms with Gasteiger partial charge in [0.15, 0.2) is 5.65 Å². The van der Waals surface area contributed by atoms with Crippen molar-refractivity contribution in [2.24, 2.45) is 7.05 Å². The highest BCUT2D eigenvalue weighted by Gasteiger charge is 2.10. The summed E-state index contributed by atoms with van der Waals surface area (Å²) in [6.07, 6.45) is 4.87. The number of carbonyl (C=O) groups is 1. The van der Waals surface area contributed by atoms with Gasteiger partial charge in [-0.3, -0.25) is 18.8 Å². The number of hydrogen-bond acceptors (Lipinski definition) is 6. The Labute approximate surface area is 158 Å². The first-order chi connectivity index (χ1) is 13.1. The number of fused-ring (bicyclic) bond motifs is 1. The van der Waals surface area contributed by atoms with Crippen LogP contribution in [-0.4, -0.2) is 30.2 Å². The van der Waals surface area contributed by atoms with E-state index in [9.17, 15) is 9.59 Å². The molecule has 3 aromatic heterocycles. The fraction of sp³-hybridized carbons (Fsp3) is 0.167. The van der Waals surface area contributed by atoms with Gasteiger partial charge in [-0.25, -0.2) is 9.97 Å². The van der Waals surface area contributed by atoms with Crippen LogP contribution in [0.4, 0.5) is 5.69 Å². The van der Waals surface area contributed by atoms with Gasteiger partial charge in [0, 0.05) is 42.8 Å². The quantitative estimate of drug-likeness (QED) is 0.573. The van der Waals surface area contributed by atoms with Gasteiger partial charge in [-0.15, -0.1) is 11.3 Å². The van der Waals surface area contributed by atoms with Crippen LogP contribution in [0.3, 0.4) is 0 Å². The zero-order valence-electron chi connectivity index (χ0n) is 14.5. The van der Waals surface area contributed by atoms with Gasteiger partial charge in [-0.2, -0.15) is 5.10 Å². The van der Waals surface area contributed by atoms with E-state index in [1.807, 2.05) is 29.6 Å². The molecule has 9 heteroatoms. The predicted octanol–water partition coefficient (Wildman–Crippen LogP) is 2.28. The summed E-state index contributed by atoms with van der Waals surface area (Å²) in [5.74, 6) is -0.171. The van der Waals surface area contributed by atoms with E-state index >= 15 is 0 Å². The van der Waals surface area contributed by atoms with Gasteiger partial charge < -0.3 is 5.32 Å². The molecule has 0 saturated heterocycles. The molecule has 4 rings (SSSR count). The molecule has 1 aromatic carbocycles. The molecule has 4 aromatic rings. The van der Waals surface area contributed by atoms with Crippen molar-refractivity contribution in [1.82, 2.24) is 24.3 Å². The lowest BCUT2D eigenvalue weighted by molar-refractivity contribution is -0.116. The molecule has 0 saturated carbocycles.